The summed E-state index contributed by atoms with van der Waals surface area (Å²) in [5.74, 6) is -0.438. The third-order valence-corrected chi connectivity index (χ3v) is 1.44. The molecular weight excluding hydrogens is 187 g/mol. The summed E-state index contributed by atoms with van der Waals surface area (Å²) >= 11 is 5.37. The number of allylic oxidation sites excluding steroid dienone is 2. The molecule has 0 aliphatic heterocycles. The molecule has 64 valence electrons. The van der Waals surface area contributed by atoms with Gasteiger partial charge in [-0.25, -0.2) is 0 Å². The van der Waals surface area contributed by atoms with Crippen molar-refractivity contribution in [3.63, 3.8) is 0 Å². The third-order valence-electron chi connectivity index (χ3n) is 1.26. The molecule has 0 fully saturated rings. The Morgan fingerprint density at radius 3 is 2.50 bits per heavy atom. The summed E-state index contributed by atoms with van der Waals surface area (Å²) < 4.78 is 0. The molecule has 0 aliphatic carbocycles. The molecule has 0 saturated carbocycles. The number of aliphatic carboxylic acids is 1. The first-order valence-corrected chi connectivity index (χ1v) is 4.21. The number of carbonyl (C=O) groups excluding carboxylic acids is 1. The molecule has 0 bridgehead atoms. The first-order valence-electron chi connectivity index (χ1n) is 3.68. The second-order valence-electron chi connectivity index (χ2n) is 2.24. The fourth-order valence-electron chi connectivity index (χ4n) is 0.712. The van der Waals surface area contributed by atoms with Gasteiger partial charge in [-0.2, -0.15) is 0 Å². The van der Waals surface area contributed by atoms with Crippen molar-refractivity contribution in [2.24, 2.45) is 0 Å². The molecule has 0 spiro atoms. The van der Waals surface area contributed by atoms with Crippen LogP contribution in [0.15, 0.2) is 12.2 Å². The van der Waals surface area contributed by atoms with Crippen molar-refractivity contribution < 1.29 is 39.5 Å². The van der Waals surface area contributed by atoms with Crippen molar-refractivity contribution >= 4 is 17.6 Å². The van der Waals surface area contributed by atoms with Gasteiger partial charge >= 0.3 is 29.6 Å². The van der Waals surface area contributed by atoms with Crippen LogP contribution in [0.3, 0.4) is 0 Å². The van der Waals surface area contributed by atoms with Gasteiger partial charge in [0.15, 0.2) is 0 Å². The van der Waals surface area contributed by atoms with E-state index in [2.05, 4.69) is 0 Å². The fourth-order valence-corrected chi connectivity index (χ4v) is 0.838. The van der Waals surface area contributed by atoms with E-state index in [9.17, 15) is 9.90 Å². The number of carbonyl (C=O) groups is 1. The molecular formula is C8H12ClNaO2. The number of alkyl halides is 1. The first kappa shape index (κ1) is 15.0. The van der Waals surface area contributed by atoms with Crippen LogP contribution in [0.1, 0.15) is 25.7 Å². The van der Waals surface area contributed by atoms with Crippen molar-refractivity contribution in [1.29, 1.82) is 0 Å². The first-order chi connectivity index (χ1) is 5.27. The van der Waals surface area contributed by atoms with E-state index in [-0.39, 0.29) is 36.0 Å². The number of unbranched alkanes of at least 4 members (excludes halogenated alkanes) is 2. The Balaban J connectivity index is 0. The average Bonchev–Trinajstić information content (AvgIpc) is 1.96. The second kappa shape index (κ2) is 11.5. The van der Waals surface area contributed by atoms with E-state index in [1.54, 1.807) is 0 Å². The zero-order valence-corrected chi connectivity index (χ0v) is 10.1. The van der Waals surface area contributed by atoms with Crippen LogP contribution in [0.4, 0.5) is 0 Å². The summed E-state index contributed by atoms with van der Waals surface area (Å²) in [4.78, 5) is 9.94. The maximum atomic E-state index is 9.94. The molecule has 0 atom stereocenters. The largest absolute Gasteiger partial charge is 1.00 e. The van der Waals surface area contributed by atoms with E-state index >= 15 is 0 Å². The third kappa shape index (κ3) is 13.1. The molecule has 0 aromatic heterocycles. The summed E-state index contributed by atoms with van der Waals surface area (Å²) in [6, 6.07) is 0. The van der Waals surface area contributed by atoms with Crippen LogP contribution in [0.5, 0.6) is 0 Å². The Kier molecular flexibility index (Phi) is 14.4. The van der Waals surface area contributed by atoms with Crippen molar-refractivity contribution in [3.05, 3.63) is 12.2 Å². The molecule has 0 N–H and O–H groups in total. The van der Waals surface area contributed by atoms with Crippen LogP contribution in [-0.2, 0) is 4.79 Å². The molecule has 0 aliphatic rings. The van der Waals surface area contributed by atoms with Crippen LogP contribution in [0.2, 0.25) is 0 Å². The topological polar surface area (TPSA) is 40.1 Å². The molecule has 0 saturated heterocycles. The van der Waals surface area contributed by atoms with E-state index in [1.165, 1.54) is 0 Å². The molecule has 0 radical (unpaired) electrons. The van der Waals surface area contributed by atoms with Crippen LogP contribution in [-0.4, -0.2) is 11.8 Å². The zero-order chi connectivity index (χ0) is 8.53. The number of rotatable bonds is 6. The van der Waals surface area contributed by atoms with E-state index in [1.807, 2.05) is 12.2 Å². The van der Waals surface area contributed by atoms with Gasteiger partial charge in [0.25, 0.3) is 0 Å². The fraction of sp³-hybridized carbons (Fsp3) is 0.625. The Morgan fingerprint density at radius 2 is 2.00 bits per heavy atom. The number of carboxylic acids is 1. The van der Waals surface area contributed by atoms with E-state index in [0.29, 0.717) is 12.3 Å². The number of hydrogen-bond donors (Lipinski definition) is 0. The van der Waals surface area contributed by atoms with Gasteiger partial charge in [0, 0.05) is 11.8 Å². The number of carboxylic acid groups (broad SMARTS) is 1. The smallest absolute Gasteiger partial charge is 0.550 e. The van der Waals surface area contributed by atoms with Gasteiger partial charge in [0.1, 0.15) is 0 Å². The summed E-state index contributed by atoms with van der Waals surface area (Å²) in [5, 5.41) is 9.94. The Labute approximate surface area is 100 Å². The molecule has 12 heavy (non-hydrogen) atoms. The van der Waals surface area contributed by atoms with Crippen molar-refractivity contribution in [1.82, 2.24) is 0 Å². The van der Waals surface area contributed by atoms with Gasteiger partial charge in [-0.3, -0.25) is 0 Å². The van der Waals surface area contributed by atoms with Gasteiger partial charge in [-0.05, 0) is 25.7 Å². The summed E-state index contributed by atoms with van der Waals surface area (Å²) in [6.45, 7) is 0. The Hall–Kier alpha value is 0.500. The minimum absolute atomic E-state index is 0. The maximum Gasteiger partial charge on any atom is 1.00 e. The predicted molar refractivity (Wildman–Crippen MR) is 43.3 cm³/mol. The van der Waals surface area contributed by atoms with Crippen LogP contribution in [0.25, 0.3) is 0 Å². The summed E-state index contributed by atoms with van der Waals surface area (Å²) in [7, 11) is 0. The van der Waals surface area contributed by atoms with Crippen molar-refractivity contribution in [3.8, 4) is 0 Å². The minimum atomic E-state index is -0.966. The molecule has 0 rings (SSSR count). The maximum absolute atomic E-state index is 9.94. The Bertz CT molecular complexity index is 137. The standard InChI is InChI=1S/C8H13ClO2.Na/c9-7-5-3-1-2-4-6-8(10)11;/h3,5H,1-2,4,6-7H2,(H,10,11);/q;+1/p-1/b5-3+;. The van der Waals surface area contributed by atoms with E-state index in [4.69, 9.17) is 11.6 Å². The summed E-state index contributed by atoms with van der Waals surface area (Å²) in [6.07, 6.45) is 6.47. The van der Waals surface area contributed by atoms with Crippen LogP contribution >= 0.6 is 11.6 Å². The van der Waals surface area contributed by atoms with E-state index in [0.717, 1.165) is 12.8 Å². The van der Waals surface area contributed by atoms with Crippen molar-refractivity contribution in [2.75, 3.05) is 5.88 Å². The van der Waals surface area contributed by atoms with Gasteiger partial charge in [-0.15, -0.1) is 11.6 Å². The Morgan fingerprint density at radius 1 is 1.33 bits per heavy atom. The SMILES string of the molecule is O=C([O-])CCCC/C=C/CCl.[Na+]. The number of hydrogen-bond acceptors (Lipinski definition) is 2. The second-order valence-corrected chi connectivity index (χ2v) is 2.55. The molecule has 0 amide bonds. The zero-order valence-electron chi connectivity index (χ0n) is 7.38. The molecule has 2 nitrogen and oxygen atoms in total. The van der Waals surface area contributed by atoms with Gasteiger partial charge in [0.2, 0.25) is 0 Å². The molecule has 0 aromatic carbocycles. The van der Waals surface area contributed by atoms with Gasteiger partial charge in [-0.1, -0.05) is 12.2 Å². The van der Waals surface area contributed by atoms with Gasteiger partial charge < -0.3 is 9.90 Å². The minimum Gasteiger partial charge on any atom is -0.550 e. The molecule has 0 heterocycles. The van der Waals surface area contributed by atoms with Crippen molar-refractivity contribution in [2.45, 2.75) is 25.7 Å². The molecule has 0 unspecified atom stereocenters. The van der Waals surface area contributed by atoms with Gasteiger partial charge in [0.05, 0.1) is 0 Å². The predicted octanol–water partition coefficient (Wildman–Crippen LogP) is -1.90. The van der Waals surface area contributed by atoms with E-state index < -0.39 is 5.97 Å². The quantitative estimate of drug-likeness (QED) is 0.216. The monoisotopic (exact) mass is 198 g/mol. The molecule has 0 aromatic rings. The van der Waals surface area contributed by atoms with Crippen LogP contribution in [0, 0.1) is 0 Å². The normalized spacial score (nSPS) is 9.75. The van der Waals surface area contributed by atoms with Crippen LogP contribution < -0.4 is 34.7 Å². The average molecular weight is 199 g/mol. The molecule has 4 heteroatoms. The summed E-state index contributed by atoms with van der Waals surface area (Å²) in [5.41, 5.74) is 0. The number of halogens is 1.